The Bertz CT molecular complexity index is 479. The zero-order valence-electron chi connectivity index (χ0n) is 10.3. The van der Waals surface area contributed by atoms with Crippen LogP contribution in [0.4, 0.5) is 0 Å². The summed E-state index contributed by atoms with van der Waals surface area (Å²) in [6, 6.07) is 19.8. The van der Waals surface area contributed by atoms with Gasteiger partial charge in [0, 0.05) is 6.54 Å². The molecule has 2 aromatic carbocycles. The first-order valence-corrected chi connectivity index (χ1v) is 6.13. The number of rotatable bonds is 5. The van der Waals surface area contributed by atoms with Gasteiger partial charge in [0.05, 0.1) is 6.42 Å². The second kappa shape index (κ2) is 6.60. The lowest BCUT2D eigenvalue weighted by atomic mass is 10.1. The highest BCUT2D eigenvalue weighted by atomic mass is 16.1. The zero-order valence-corrected chi connectivity index (χ0v) is 10.3. The van der Waals surface area contributed by atoms with E-state index in [1.165, 1.54) is 5.56 Å². The third kappa shape index (κ3) is 4.06. The van der Waals surface area contributed by atoms with Gasteiger partial charge in [0.15, 0.2) is 0 Å². The van der Waals surface area contributed by atoms with Crippen LogP contribution < -0.4 is 5.32 Å². The second-order valence-corrected chi connectivity index (χ2v) is 4.17. The molecule has 0 fully saturated rings. The maximum Gasteiger partial charge on any atom is 0.245 e. The molecular weight excluding hydrogens is 222 g/mol. The van der Waals surface area contributed by atoms with Gasteiger partial charge >= 0.3 is 0 Å². The number of hydrogen-bond donors (Lipinski definition) is 0. The molecule has 91 valence electrons. The summed E-state index contributed by atoms with van der Waals surface area (Å²) in [5, 5.41) is 4.08. The molecule has 0 aliphatic heterocycles. The van der Waals surface area contributed by atoms with Crippen LogP contribution in [0.3, 0.4) is 0 Å². The van der Waals surface area contributed by atoms with Crippen LogP contribution in [0.15, 0.2) is 60.7 Å². The highest BCUT2D eigenvalue weighted by Crippen LogP contribution is 2.01. The maximum absolute atomic E-state index is 11.6. The molecule has 0 unspecified atom stereocenters. The average Bonchev–Trinajstić information content (AvgIpc) is 2.41. The quantitative estimate of drug-likeness (QED) is 0.787. The minimum absolute atomic E-state index is 0.0443. The first-order valence-electron chi connectivity index (χ1n) is 6.13. The molecule has 0 saturated carbocycles. The van der Waals surface area contributed by atoms with E-state index < -0.39 is 0 Å². The summed E-state index contributed by atoms with van der Waals surface area (Å²) >= 11 is 0. The SMILES string of the molecule is O=C(Cc1ccccc1)[N]CCc1ccccc1. The van der Waals surface area contributed by atoms with Gasteiger partial charge in [0.1, 0.15) is 0 Å². The lowest BCUT2D eigenvalue weighted by molar-refractivity contribution is -0.120. The summed E-state index contributed by atoms with van der Waals surface area (Å²) in [6.45, 7) is 0.565. The number of nitrogens with zero attached hydrogens (tertiary/aromatic N) is 1. The van der Waals surface area contributed by atoms with E-state index in [1.807, 2.05) is 48.5 Å². The summed E-state index contributed by atoms with van der Waals surface area (Å²) in [6.07, 6.45) is 1.22. The molecule has 0 heterocycles. The Morgan fingerprint density at radius 1 is 0.833 bits per heavy atom. The van der Waals surface area contributed by atoms with E-state index in [1.54, 1.807) is 0 Å². The van der Waals surface area contributed by atoms with Gasteiger partial charge in [-0.2, -0.15) is 0 Å². The lowest BCUT2D eigenvalue weighted by Crippen LogP contribution is -2.20. The largest absolute Gasteiger partial charge is 0.273 e. The predicted molar refractivity (Wildman–Crippen MR) is 72.3 cm³/mol. The van der Waals surface area contributed by atoms with Gasteiger partial charge < -0.3 is 0 Å². The van der Waals surface area contributed by atoms with Crippen LogP contribution in [0.2, 0.25) is 0 Å². The van der Waals surface area contributed by atoms with Crippen LogP contribution in [0.1, 0.15) is 11.1 Å². The predicted octanol–water partition coefficient (Wildman–Crippen LogP) is 2.60. The molecule has 1 amide bonds. The lowest BCUT2D eigenvalue weighted by Gasteiger charge is -2.02. The van der Waals surface area contributed by atoms with E-state index in [4.69, 9.17) is 0 Å². The molecule has 0 bridgehead atoms. The van der Waals surface area contributed by atoms with Crippen LogP contribution in [0.25, 0.3) is 0 Å². The molecule has 0 atom stereocenters. The Labute approximate surface area is 108 Å². The third-order valence-corrected chi connectivity index (χ3v) is 2.73. The number of carbonyl (C=O) groups excluding carboxylic acids is 1. The fraction of sp³-hybridized carbons (Fsp3) is 0.188. The third-order valence-electron chi connectivity index (χ3n) is 2.73. The van der Waals surface area contributed by atoms with Crippen LogP contribution in [-0.4, -0.2) is 12.5 Å². The minimum atomic E-state index is -0.0443. The van der Waals surface area contributed by atoms with Gasteiger partial charge in [-0.05, 0) is 17.5 Å². The number of benzene rings is 2. The molecule has 0 N–H and O–H groups in total. The molecule has 0 spiro atoms. The number of carbonyl (C=O) groups is 1. The summed E-state index contributed by atoms with van der Waals surface area (Å²) in [5.74, 6) is -0.0443. The van der Waals surface area contributed by atoms with Gasteiger partial charge in [0.2, 0.25) is 5.91 Å². The molecule has 2 nitrogen and oxygen atoms in total. The standard InChI is InChI=1S/C16H16NO/c18-16(13-15-9-5-2-6-10-15)17-12-11-14-7-3-1-4-8-14/h1-10H,11-13H2. The summed E-state index contributed by atoms with van der Waals surface area (Å²) < 4.78 is 0. The molecule has 18 heavy (non-hydrogen) atoms. The van der Waals surface area contributed by atoms with Gasteiger partial charge in [-0.1, -0.05) is 60.7 Å². The summed E-state index contributed by atoms with van der Waals surface area (Å²) in [4.78, 5) is 11.6. The van der Waals surface area contributed by atoms with Crippen molar-refractivity contribution in [2.45, 2.75) is 12.8 Å². The second-order valence-electron chi connectivity index (χ2n) is 4.17. The van der Waals surface area contributed by atoms with Crippen molar-refractivity contribution in [1.82, 2.24) is 5.32 Å². The van der Waals surface area contributed by atoms with Crippen molar-refractivity contribution in [3.8, 4) is 0 Å². The maximum atomic E-state index is 11.6. The molecule has 0 saturated heterocycles. The molecule has 2 heteroatoms. The van der Waals surface area contributed by atoms with E-state index in [-0.39, 0.29) is 5.91 Å². The van der Waals surface area contributed by atoms with Crippen molar-refractivity contribution in [2.75, 3.05) is 6.54 Å². The van der Waals surface area contributed by atoms with Crippen molar-refractivity contribution >= 4 is 5.91 Å². The Morgan fingerprint density at radius 2 is 1.39 bits per heavy atom. The van der Waals surface area contributed by atoms with Crippen LogP contribution in [0.5, 0.6) is 0 Å². The van der Waals surface area contributed by atoms with Gasteiger partial charge in [-0.3, -0.25) is 10.1 Å². The molecule has 2 aromatic rings. The number of amides is 1. The molecule has 2 rings (SSSR count). The van der Waals surface area contributed by atoms with Crippen molar-refractivity contribution in [1.29, 1.82) is 0 Å². The zero-order chi connectivity index (χ0) is 12.6. The van der Waals surface area contributed by atoms with Gasteiger partial charge in [-0.15, -0.1) is 0 Å². The van der Waals surface area contributed by atoms with E-state index in [0.29, 0.717) is 13.0 Å². The van der Waals surface area contributed by atoms with Crippen molar-refractivity contribution in [3.05, 3.63) is 71.8 Å². The number of hydrogen-bond acceptors (Lipinski definition) is 1. The Kier molecular flexibility index (Phi) is 4.53. The summed E-state index contributed by atoms with van der Waals surface area (Å²) in [7, 11) is 0. The van der Waals surface area contributed by atoms with E-state index in [9.17, 15) is 4.79 Å². The molecule has 0 aliphatic carbocycles. The monoisotopic (exact) mass is 238 g/mol. The Hall–Kier alpha value is -2.09. The highest BCUT2D eigenvalue weighted by Gasteiger charge is 2.03. The van der Waals surface area contributed by atoms with Crippen LogP contribution in [-0.2, 0) is 17.6 Å². The molecule has 0 aliphatic rings. The average molecular weight is 238 g/mol. The molecule has 1 radical (unpaired) electrons. The van der Waals surface area contributed by atoms with Crippen LogP contribution in [0, 0.1) is 0 Å². The van der Waals surface area contributed by atoms with Gasteiger partial charge in [0.25, 0.3) is 0 Å². The van der Waals surface area contributed by atoms with E-state index in [0.717, 1.165) is 12.0 Å². The normalized spacial score (nSPS) is 10.0. The first kappa shape index (κ1) is 12.4. The molecular formula is C16H16NO. The fourth-order valence-electron chi connectivity index (χ4n) is 1.78. The van der Waals surface area contributed by atoms with Gasteiger partial charge in [-0.25, -0.2) is 0 Å². The molecule has 0 aromatic heterocycles. The Balaban J connectivity index is 1.73. The topological polar surface area (TPSA) is 31.2 Å². The van der Waals surface area contributed by atoms with Crippen molar-refractivity contribution < 1.29 is 4.79 Å². The fourth-order valence-corrected chi connectivity index (χ4v) is 1.78. The van der Waals surface area contributed by atoms with E-state index >= 15 is 0 Å². The highest BCUT2D eigenvalue weighted by molar-refractivity contribution is 5.78. The van der Waals surface area contributed by atoms with Crippen molar-refractivity contribution in [3.63, 3.8) is 0 Å². The van der Waals surface area contributed by atoms with E-state index in [2.05, 4.69) is 17.4 Å². The van der Waals surface area contributed by atoms with Crippen LogP contribution >= 0.6 is 0 Å². The Morgan fingerprint density at radius 3 is 2.00 bits per heavy atom. The first-order chi connectivity index (χ1) is 8.84. The smallest absolute Gasteiger partial charge is 0.245 e. The van der Waals surface area contributed by atoms with Crippen molar-refractivity contribution in [2.24, 2.45) is 0 Å². The summed E-state index contributed by atoms with van der Waals surface area (Å²) in [5.41, 5.74) is 2.24. The minimum Gasteiger partial charge on any atom is -0.273 e.